The van der Waals surface area contributed by atoms with Gasteiger partial charge in [0.15, 0.2) is 0 Å². The Labute approximate surface area is 77.2 Å². The largest absolute Gasteiger partial charge is 0.224 e. The van der Waals surface area contributed by atoms with Crippen LogP contribution in [0.1, 0.15) is 5.69 Å². The molecule has 2 nitrogen and oxygen atoms in total. The first-order valence-corrected chi connectivity index (χ1v) is 3.99. The lowest BCUT2D eigenvalue weighted by molar-refractivity contribution is 0.577. The normalized spacial score (nSPS) is 9.18. The van der Waals surface area contributed by atoms with Gasteiger partial charge in [0.25, 0.3) is 0 Å². The third-order valence-electron chi connectivity index (χ3n) is 1.07. The molecule has 11 heavy (non-hydrogen) atoms. The van der Waals surface area contributed by atoms with Crippen molar-refractivity contribution in [2.75, 3.05) is 0 Å². The molecule has 0 amide bonds. The highest BCUT2D eigenvalue weighted by atomic mass is 127. The van der Waals surface area contributed by atoms with E-state index in [1.807, 2.05) is 28.7 Å². The van der Waals surface area contributed by atoms with Crippen LogP contribution in [0, 0.1) is 20.8 Å². The second kappa shape index (κ2) is 3.62. The highest BCUT2D eigenvalue weighted by Gasteiger charge is 1.98. The van der Waals surface area contributed by atoms with Crippen molar-refractivity contribution in [1.82, 2.24) is 4.98 Å². The molecule has 0 saturated carbocycles. The Morgan fingerprint density at radius 3 is 2.91 bits per heavy atom. The molecule has 1 rings (SSSR count). The van der Waals surface area contributed by atoms with E-state index >= 15 is 0 Å². The van der Waals surface area contributed by atoms with Gasteiger partial charge in [0, 0.05) is 9.64 Å². The first-order chi connectivity index (χ1) is 5.22. The quantitative estimate of drug-likeness (QED) is 0.572. The van der Waals surface area contributed by atoms with Crippen LogP contribution in [-0.4, -0.2) is 4.98 Å². The minimum atomic E-state index is -0.526. The molecule has 0 bridgehead atoms. The number of aromatic nitrogens is 1. The number of halogens is 2. The molecule has 0 saturated heterocycles. The Morgan fingerprint density at radius 2 is 2.36 bits per heavy atom. The Morgan fingerprint density at radius 1 is 1.64 bits per heavy atom. The number of hydrogen-bond acceptors (Lipinski definition) is 2. The van der Waals surface area contributed by atoms with Gasteiger partial charge in [0.05, 0.1) is 18.2 Å². The summed E-state index contributed by atoms with van der Waals surface area (Å²) in [4.78, 5) is 3.53. The van der Waals surface area contributed by atoms with E-state index < -0.39 is 5.95 Å². The summed E-state index contributed by atoms with van der Waals surface area (Å²) in [6.07, 6.45) is 0.160. The maximum atomic E-state index is 12.5. The third kappa shape index (κ3) is 2.42. The fourth-order valence-corrected chi connectivity index (χ4v) is 1.30. The van der Waals surface area contributed by atoms with E-state index in [-0.39, 0.29) is 6.42 Å². The molecule has 0 aliphatic rings. The molecule has 0 fully saturated rings. The predicted octanol–water partition coefficient (Wildman–Crippen LogP) is 1.89. The van der Waals surface area contributed by atoms with Gasteiger partial charge in [-0.15, -0.1) is 0 Å². The number of rotatable bonds is 1. The van der Waals surface area contributed by atoms with Crippen LogP contribution in [0.3, 0.4) is 0 Å². The number of nitriles is 1. The first kappa shape index (κ1) is 8.40. The van der Waals surface area contributed by atoms with Crippen molar-refractivity contribution in [3.8, 4) is 6.07 Å². The number of pyridine rings is 1. The molecule has 0 N–H and O–H groups in total. The van der Waals surface area contributed by atoms with Crippen molar-refractivity contribution in [2.45, 2.75) is 6.42 Å². The Kier molecular flexibility index (Phi) is 2.76. The molecule has 0 spiro atoms. The average Bonchev–Trinajstić information content (AvgIpc) is 1.85. The molecule has 0 aliphatic heterocycles. The molecule has 4 heteroatoms. The second-order valence-electron chi connectivity index (χ2n) is 1.93. The minimum Gasteiger partial charge on any atom is -0.224 e. The van der Waals surface area contributed by atoms with Crippen LogP contribution >= 0.6 is 22.6 Å². The van der Waals surface area contributed by atoms with E-state index in [2.05, 4.69) is 4.98 Å². The van der Waals surface area contributed by atoms with E-state index in [9.17, 15) is 4.39 Å². The standard InChI is InChI=1S/C7H4FIN2/c8-7-4-5(9)3-6(11-7)1-2-10/h3-4H,1H2. The van der Waals surface area contributed by atoms with Gasteiger partial charge in [-0.3, -0.25) is 0 Å². The van der Waals surface area contributed by atoms with Gasteiger partial charge in [-0.2, -0.15) is 9.65 Å². The molecule has 0 aromatic carbocycles. The van der Waals surface area contributed by atoms with Crippen LogP contribution < -0.4 is 0 Å². The van der Waals surface area contributed by atoms with Crippen LogP contribution in [0.15, 0.2) is 12.1 Å². The van der Waals surface area contributed by atoms with Crippen molar-refractivity contribution in [3.63, 3.8) is 0 Å². The van der Waals surface area contributed by atoms with Crippen molar-refractivity contribution in [2.24, 2.45) is 0 Å². The van der Waals surface area contributed by atoms with Crippen LogP contribution in [0.2, 0.25) is 0 Å². The van der Waals surface area contributed by atoms with E-state index in [0.717, 1.165) is 3.57 Å². The molecule has 1 heterocycles. The van der Waals surface area contributed by atoms with Crippen molar-refractivity contribution >= 4 is 22.6 Å². The van der Waals surface area contributed by atoms with Crippen molar-refractivity contribution < 1.29 is 4.39 Å². The van der Waals surface area contributed by atoms with Gasteiger partial charge in [0.2, 0.25) is 5.95 Å². The summed E-state index contributed by atoms with van der Waals surface area (Å²) in [5.74, 6) is -0.526. The molecule has 1 aromatic heterocycles. The summed E-state index contributed by atoms with van der Waals surface area (Å²) in [5.41, 5.74) is 0.483. The van der Waals surface area contributed by atoms with Crippen LogP contribution in [-0.2, 0) is 6.42 Å². The predicted molar refractivity (Wildman–Crippen MR) is 46.2 cm³/mol. The smallest absolute Gasteiger partial charge is 0.214 e. The molecular weight excluding hydrogens is 258 g/mol. The SMILES string of the molecule is N#CCc1cc(I)cc(F)n1. The monoisotopic (exact) mass is 262 g/mol. The minimum absolute atomic E-state index is 0.160. The lowest BCUT2D eigenvalue weighted by Crippen LogP contribution is -1.92. The molecule has 0 atom stereocenters. The zero-order valence-electron chi connectivity index (χ0n) is 5.51. The maximum absolute atomic E-state index is 12.5. The summed E-state index contributed by atoms with van der Waals surface area (Å²) in [6.45, 7) is 0. The summed E-state index contributed by atoms with van der Waals surface area (Å²) in [5, 5.41) is 8.29. The molecule has 0 radical (unpaired) electrons. The molecular formula is C7H4FIN2. The van der Waals surface area contributed by atoms with E-state index in [4.69, 9.17) is 5.26 Å². The van der Waals surface area contributed by atoms with Gasteiger partial charge in [-0.1, -0.05) is 0 Å². The highest BCUT2D eigenvalue weighted by molar-refractivity contribution is 14.1. The van der Waals surface area contributed by atoms with Crippen molar-refractivity contribution in [1.29, 1.82) is 5.26 Å². The fourth-order valence-electron chi connectivity index (χ4n) is 0.688. The molecule has 0 aliphatic carbocycles. The molecule has 56 valence electrons. The molecule has 0 unspecified atom stereocenters. The fraction of sp³-hybridized carbons (Fsp3) is 0.143. The average molecular weight is 262 g/mol. The van der Waals surface area contributed by atoms with Crippen LogP contribution in [0.4, 0.5) is 4.39 Å². The first-order valence-electron chi connectivity index (χ1n) is 2.91. The highest BCUT2D eigenvalue weighted by Crippen LogP contribution is 2.07. The van der Waals surface area contributed by atoms with E-state index in [1.54, 1.807) is 6.07 Å². The Balaban J connectivity index is 3.01. The van der Waals surface area contributed by atoms with Crippen LogP contribution in [0.25, 0.3) is 0 Å². The lowest BCUT2D eigenvalue weighted by Gasteiger charge is -1.94. The van der Waals surface area contributed by atoms with Gasteiger partial charge in [0.1, 0.15) is 0 Å². The van der Waals surface area contributed by atoms with Gasteiger partial charge >= 0.3 is 0 Å². The van der Waals surface area contributed by atoms with Gasteiger partial charge < -0.3 is 0 Å². The number of nitrogens with zero attached hydrogens (tertiary/aromatic N) is 2. The van der Waals surface area contributed by atoms with E-state index in [0.29, 0.717) is 5.69 Å². The summed E-state index contributed by atoms with van der Waals surface area (Å²) < 4.78 is 13.3. The third-order valence-corrected chi connectivity index (χ3v) is 1.69. The molecule has 1 aromatic rings. The zero-order chi connectivity index (χ0) is 8.27. The summed E-state index contributed by atoms with van der Waals surface area (Å²) in [7, 11) is 0. The van der Waals surface area contributed by atoms with Gasteiger partial charge in [-0.25, -0.2) is 4.98 Å². The summed E-state index contributed by atoms with van der Waals surface area (Å²) in [6, 6.07) is 4.91. The van der Waals surface area contributed by atoms with Crippen molar-refractivity contribution in [3.05, 3.63) is 27.3 Å². The van der Waals surface area contributed by atoms with E-state index in [1.165, 1.54) is 6.07 Å². The Hall–Kier alpha value is -0.700. The Bertz CT molecular complexity index is 286. The topological polar surface area (TPSA) is 36.7 Å². The second-order valence-corrected chi connectivity index (χ2v) is 3.18. The van der Waals surface area contributed by atoms with Gasteiger partial charge in [-0.05, 0) is 28.7 Å². The number of hydrogen-bond donors (Lipinski definition) is 0. The lowest BCUT2D eigenvalue weighted by atomic mass is 10.3. The summed E-state index contributed by atoms with van der Waals surface area (Å²) >= 11 is 1.98. The maximum Gasteiger partial charge on any atom is 0.214 e. The van der Waals surface area contributed by atoms with Crippen LogP contribution in [0.5, 0.6) is 0 Å². The zero-order valence-corrected chi connectivity index (χ0v) is 7.67.